The van der Waals surface area contributed by atoms with E-state index in [1.54, 1.807) is 17.0 Å². The van der Waals surface area contributed by atoms with Gasteiger partial charge in [-0.2, -0.15) is 0 Å². The Labute approximate surface area is 269 Å². The second-order valence-corrected chi connectivity index (χ2v) is 12.3. The Balaban J connectivity index is 1.36. The molecule has 10 nitrogen and oxygen atoms in total. The number of carbonyl (C=O) groups excluding carboxylic acids is 2. The summed E-state index contributed by atoms with van der Waals surface area (Å²) in [4.78, 5) is 48.5. The van der Waals surface area contributed by atoms with Crippen molar-refractivity contribution in [3.05, 3.63) is 84.3 Å². The lowest BCUT2D eigenvalue weighted by Crippen LogP contribution is -2.51. The van der Waals surface area contributed by atoms with Gasteiger partial charge < -0.3 is 24.4 Å². The lowest BCUT2D eigenvalue weighted by atomic mass is 9.95. The van der Waals surface area contributed by atoms with Crippen LogP contribution in [0.5, 0.6) is 5.75 Å². The molecule has 10 heteroatoms. The maximum Gasteiger partial charge on any atom is 0.407 e. The molecule has 46 heavy (non-hydrogen) atoms. The molecule has 0 saturated carbocycles. The highest BCUT2D eigenvalue weighted by molar-refractivity contribution is 5.95. The molecule has 0 spiro atoms. The van der Waals surface area contributed by atoms with Crippen molar-refractivity contribution < 1.29 is 29.0 Å². The maximum absolute atomic E-state index is 14.2. The van der Waals surface area contributed by atoms with Gasteiger partial charge in [-0.15, -0.1) is 0 Å². The van der Waals surface area contributed by atoms with E-state index in [-0.39, 0.29) is 50.3 Å². The van der Waals surface area contributed by atoms with Crippen molar-refractivity contribution in [1.82, 2.24) is 19.7 Å². The predicted molar refractivity (Wildman–Crippen MR) is 175 cm³/mol. The lowest BCUT2D eigenvalue weighted by Gasteiger charge is -2.35. The van der Waals surface area contributed by atoms with Gasteiger partial charge in [0.1, 0.15) is 11.3 Å². The monoisotopic (exact) mass is 626 g/mol. The van der Waals surface area contributed by atoms with Crippen LogP contribution in [0.25, 0.3) is 22.2 Å². The number of urea groups is 1. The molecule has 1 aliphatic rings. The van der Waals surface area contributed by atoms with E-state index in [4.69, 9.17) is 9.40 Å². The number of phenolic OH excluding ortho intramolecular Hbond substituents is 1. The fourth-order valence-corrected chi connectivity index (χ4v) is 5.80. The molecule has 0 aliphatic carbocycles. The fraction of sp³-hybridized carbons (Fsp3) is 0.389. The van der Waals surface area contributed by atoms with Gasteiger partial charge in [0.25, 0.3) is 0 Å². The minimum atomic E-state index is -0.996. The van der Waals surface area contributed by atoms with Crippen molar-refractivity contribution in [2.45, 2.75) is 46.0 Å². The standard InChI is InChI=1S/C36H42N4O6/c1-25(2)14-23-40(34(42)28-16-20-39(21-17-28)36(44)45)35(43)38(19-15-27-10-6-7-11-31(27)41)22-18-33-37-30-24-29(12-13-32(30)46-33)26-8-4-3-5-9-26/h3-13,24-25,28,41H,14-23H2,1-2H3,(H,44,45). The number of nitrogens with zero attached hydrogens (tertiary/aromatic N) is 4. The van der Waals surface area contributed by atoms with Gasteiger partial charge in [0.2, 0.25) is 5.91 Å². The minimum absolute atomic E-state index is 0.154. The number of oxazole rings is 1. The van der Waals surface area contributed by atoms with Crippen LogP contribution in [-0.2, 0) is 17.6 Å². The topological polar surface area (TPSA) is 127 Å². The van der Waals surface area contributed by atoms with Gasteiger partial charge >= 0.3 is 12.1 Å². The SMILES string of the molecule is CC(C)CCN(C(=O)C1CCN(C(=O)O)CC1)C(=O)N(CCc1nc2cc(-c3ccccc3)ccc2o1)CCc1ccccc1O. The number of rotatable bonds is 11. The number of imide groups is 1. The molecule has 0 atom stereocenters. The third-order valence-electron chi connectivity index (χ3n) is 8.59. The number of hydrogen-bond donors (Lipinski definition) is 2. The Kier molecular flexibility index (Phi) is 10.6. The van der Waals surface area contributed by atoms with Gasteiger partial charge in [0, 0.05) is 45.1 Å². The van der Waals surface area contributed by atoms with Crippen molar-refractivity contribution in [3.8, 4) is 16.9 Å². The van der Waals surface area contributed by atoms with Crippen molar-refractivity contribution in [3.63, 3.8) is 0 Å². The number of carboxylic acid groups (broad SMARTS) is 1. The summed E-state index contributed by atoms with van der Waals surface area (Å²) in [6.45, 7) is 5.42. The van der Waals surface area contributed by atoms with Gasteiger partial charge in [0.15, 0.2) is 11.5 Å². The number of hydrogen-bond acceptors (Lipinski definition) is 6. The number of benzene rings is 3. The third kappa shape index (κ3) is 8.04. The Morgan fingerprint density at radius 2 is 1.61 bits per heavy atom. The molecule has 2 heterocycles. The Hall–Kier alpha value is -4.86. The molecule has 0 bridgehead atoms. The molecule has 4 amide bonds. The van der Waals surface area contributed by atoms with Gasteiger partial charge in [-0.1, -0.05) is 68.4 Å². The second kappa shape index (κ2) is 14.9. The lowest BCUT2D eigenvalue weighted by molar-refractivity contribution is -0.134. The Morgan fingerprint density at radius 3 is 2.30 bits per heavy atom. The largest absolute Gasteiger partial charge is 0.508 e. The van der Waals surface area contributed by atoms with Gasteiger partial charge in [-0.25, -0.2) is 14.6 Å². The first kappa shape index (κ1) is 32.5. The first-order valence-corrected chi connectivity index (χ1v) is 16.0. The highest BCUT2D eigenvalue weighted by Crippen LogP contribution is 2.26. The van der Waals surface area contributed by atoms with Gasteiger partial charge in [-0.3, -0.25) is 9.69 Å². The fourth-order valence-electron chi connectivity index (χ4n) is 5.80. The summed E-state index contributed by atoms with van der Waals surface area (Å²) >= 11 is 0. The zero-order valence-electron chi connectivity index (χ0n) is 26.5. The number of amides is 4. The normalized spacial score (nSPS) is 13.7. The van der Waals surface area contributed by atoms with Crippen LogP contribution in [0.2, 0.25) is 0 Å². The van der Waals surface area contributed by atoms with Crippen molar-refractivity contribution in [2.75, 3.05) is 32.7 Å². The van der Waals surface area contributed by atoms with E-state index >= 15 is 0 Å². The summed E-state index contributed by atoms with van der Waals surface area (Å²) in [6, 6.07) is 22.5. The molecule has 1 aromatic heterocycles. The van der Waals surface area contributed by atoms with E-state index in [1.165, 1.54) is 9.80 Å². The van der Waals surface area contributed by atoms with Crippen LogP contribution in [-0.4, -0.2) is 80.7 Å². The van der Waals surface area contributed by atoms with Crippen molar-refractivity contribution in [2.24, 2.45) is 11.8 Å². The Morgan fingerprint density at radius 1 is 0.913 bits per heavy atom. The number of likely N-dealkylation sites (tertiary alicyclic amines) is 1. The molecule has 242 valence electrons. The molecular formula is C36H42N4O6. The second-order valence-electron chi connectivity index (χ2n) is 12.3. The predicted octanol–water partition coefficient (Wildman–Crippen LogP) is 6.67. The quantitative estimate of drug-likeness (QED) is 0.190. The van der Waals surface area contributed by atoms with Crippen molar-refractivity contribution >= 4 is 29.1 Å². The average Bonchev–Trinajstić information content (AvgIpc) is 3.48. The summed E-state index contributed by atoms with van der Waals surface area (Å²) < 4.78 is 6.06. The van der Waals surface area contributed by atoms with Gasteiger partial charge in [0.05, 0.1) is 0 Å². The number of aromatic nitrogens is 1. The summed E-state index contributed by atoms with van der Waals surface area (Å²) in [6.07, 6.45) is 1.14. The van der Waals surface area contributed by atoms with Crippen LogP contribution < -0.4 is 0 Å². The summed E-state index contributed by atoms with van der Waals surface area (Å²) in [7, 11) is 0. The van der Waals surface area contributed by atoms with Crippen LogP contribution in [0.1, 0.15) is 44.6 Å². The number of aromatic hydroxyl groups is 1. The Bertz CT molecular complexity index is 1640. The van der Waals surface area contributed by atoms with Crippen LogP contribution in [0.3, 0.4) is 0 Å². The molecule has 0 unspecified atom stereocenters. The molecule has 0 radical (unpaired) electrons. The molecule has 1 saturated heterocycles. The van der Waals surface area contributed by atoms with Crippen LogP contribution in [0, 0.1) is 11.8 Å². The molecule has 1 aliphatic heterocycles. The van der Waals surface area contributed by atoms with Crippen LogP contribution in [0.15, 0.2) is 77.2 Å². The first-order valence-electron chi connectivity index (χ1n) is 16.0. The molecule has 2 N–H and O–H groups in total. The van der Waals surface area contributed by atoms with Crippen LogP contribution >= 0.6 is 0 Å². The number of piperidine rings is 1. The van der Waals surface area contributed by atoms with E-state index in [9.17, 15) is 24.6 Å². The van der Waals surface area contributed by atoms with E-state index in [0.29, 0.717) is 49.1 Å². The van der Waals surface area contributed by atoms with E-state index in [1.807, 2.05) is 74.5 Å². The number of fused-ring (bicyclic) bond motifs is 1. The number of para-hydroxylation sites is 1. The molecule has 3 aromatic carbocycles. The van der Waals surface area contributed by atoms with E-state index in [2.05, 4.69) is 0 Å². The highest BCUT2D eigenvalue weighted by Gasteiger charge is 2.34. The van der Waals surface area contributed by atoms with Crippen molar-refractivity contribution in [1.29, 1.82) is 0 Å². The molecule has 5 rings (SSSR count). The van der Waals surface area contributed by atoms with E-state index in [0.717, 1.165) is 16.6 Å². The summed E-state index contributed by atoms with van der Waals surface area (Å²) in [5.74, 6) is 0.219. The third-order valence-corrected chi connectivity index (χ3v) is 8.59. The molecule has 4 aromatic rings. The molecule has 1 fully saturated rings. The highest BCUT2D eigenvalue weighted by atomic mass is 16.4. The number of carbonyl (C=O) groups is 3. The zero-order valence-corrected chi connectivity index (χ0v) is 26.5. The first-order chi connectivity index (χ1) is 22.2. The average molecular weight is 627 g/mol. The smallest absolute Gasteiger partial charge is 0.407 e. The summed E-state index contributed by atoms with van der Waals surface area (Å²) in [5, 5.41) is 19.7. The zero-order chi connectivity index (χ0) is 32.6. The van der Waals surface area contributed by atoms with Gasteiger partial charge in [-0.05, 0) is 66.5 Å². The van der Waals surface area contributed by atoms with Crippen LogP contribution in [0.4, 0.5) is 9.59 Å². The number of phenols is 1. The van der Waals surface area contributed by atoms with E-state index < -0.39 is 18.0 Å². The molecular weight excluding hydrogens is 584 g/mol. The minimum Gasteiger partial charge on any atom is -0.508 e. The summed E-state index contributed by atoms with van der Waals surface area (Å²) in [5.41, 5.74) is 4.19. The maximum atomic E-state index is 14.2.